The summed E-state index contributed by atoms with van der Waals surface area (Å²) in [6.45, 7) is 1.82. The Morgan fingerprint density at radius 3 is 2.50 bits per heavy atom. The Hall–Kier alpha value is -3.01. The minimum atomic E-state index is -4.63. The third-order valence-corrected chi connectivity index (χ3v) is 4.93. The number of aliphatic hydroxyl groups excluding tert-OH is 1. The number of hydrogen-bond acceptors (Lipinski definition) is 4. The van der Waals surface area contributed by atoms with Crippen LogP contribution in [0.1, 0.15) is 22.8 Å². The Bertz CT molecular complexity index is 899. The van der Waals surface area contributed by atoms with Gasteiger partial charge in [0, 0.05) is 49.3 Å². The summed E-state index contributed by atoms with van der Waals surface area (Å²) in [5, 5.41) is 12.2. The van der Waals surface area contributed by atoms with Crippen molar-refractivity contribution in [2.75, 3.05) is 26.3 Å². The molecule has 1 aliphatic heterocycles. The number of carbonyl (C=O) groups is 2. The zero-order chi connectivity index (χ0) is 21.9. The Labute approximate surface area is 171 Å². The van der Waals surface area contributed by atoms with Crippen LogP contribution in [0.2, 0.25) is 0 Å². The summed E-state index contributed by atoms with van der Waals surface area (Å²) in [5.74, 6) is -1.17. The van der Waals surface area contributed by atoms with Crippen LogP contribution in [0.3, 0.4) is 0 Å². The molecule has 10 heteroatoms. The minimum absolute atomic E-state index is 0.0964. The van der Waals surface area contributed by atoms with Gasteiger partial charge >= 0.3 is 12.3 Å². The first kappa shape index (κ1) is 21.7. The second-order valence-electron chi connectivity index (χ2n) is 6.98. The second kappa shape index (κ2) is 8.78. The summed E-state index contributed by atoms with van der Waals surface area (Å²) in [6, 6.07) is 5.82. The maximum atomic E-state index is 13.4. The number of halogens is 3. The van der Waals surface area contributed by atoms with Crippen molar-refractivity contribution in [1.82, 2.24) is 14.8 Å². The molecule has 2 heterocycles. The highest BCUT2D eigenvalue weighted by atomic mass is 19.4. The summed E-state index contributed by atoms with van der Waals surface area (Å²) >= 11 is 0. The van der Waals surface area contributed by atoms with Crippen molar-refractivity contribution in [3.05, 3.63) is 53.9 Å². The van der Waals surface area contributed by atoms with Gasteiger partial charge in [0.1, 0.15) is 0 Å². The molecule has 1 fully saturated rings. The number of nitrogens with zero attached hydrogens (tertiary/aromatic N) is 2. The standard InChI is InChI=1S/C20H22F3N3O4/c1-2-30-19(29)26-10-14(12-27)17(11-26)24-18(28)13-7-15(20(21,22)23)9-16(8-13)25-5-3-4-6-25/h3-9,14,17,27H,2,10-12H2,1H3,(H,24,28)/t14-,17-/m0/s1. The predicted octanol–water partition coefficient (Wildman–Crippen LogP) is 2.68. The molecule has 2 atom stereocenters. The van der Waals surface area contributed by atoms with Crippen LogP contribution in [0.5, 0.6) is 0 Å². The quantitative estimate of drug-likeness (QED) is 0.772. The molecule has 1 saturated heterocycles. The molecule has 0 unspecified atom stereocenters. The van der Waals surface area contributed by atoms with Crippen molar-refractivity contribution < 1.29 is 32.6 Å². The Morgan fingerprint density at radius 2 is 1.90 bits per heavy atom. The fourth-order valence-corrected chi connectivity index (χ4v) is 3.40. The third-order valence-electron chi connectivity index (χ3n) is 4.93. The van der Waals surface area contributed by atoms with Crippen molar-refractivity contribution in [2.45, 2.75) is 19.1 Å². The predicted molar refractivity (Wildman–Crippen MR) is 101 cm³/mol. The van der Waals surface area contributed by atoms with E-state index in [4.69, 9.17) is 4.74 Å². The fourth-order valence-electron chi connectivity index (χ4n) is 3.40. The lowest BCUT2D eigenvalue weighted by atomic mass is 10.0. The first-order chi connectivity index (χ1) is 14.2. The van der Waals surface area contributed by atoms with Crippen LogP contribution in [0.15, 0.2) is 42.7 Å². The van der Waals surface area contributed by atoms with Crippen LogP contribution < -0.4 is 5.32 Å². The van der Waals surface area contributed by atoms with Gasteiger partial charge in [0.05, 0.1) is 18.2 Å². The van der Waals surface area contributed by atoms with Crippen LogP contribution in [-0.2, 0) is 10.9 Å². The summed E-state index contributed by atoms with van der Waals surface area (Å²) in [5.41, 5.74) is -0.921. The van der Waals surface area contributed by atoms with Gasteiger partial charge in [0.2, 0.25) is 0 Å². The number of benzene rings is 1. The number of aromatic nitrogens is 1. The highest BCUT2D eigenvalue weighted by Crippen LogP contribution is 2.32. The van der Waals surface area contributed by atoms with Crippen LogP contribution in [0.25, 0.3) is 5.69 Å². The van der Waals surface area contributed by atoms with Crippen molar-refractivity contribution in [3.63, 3.8) is 0 Å². The number of alkyl halides is 3. The molecule has 2 aromatic rings. The maximum absolute atomic E-state index is 13.4. The SMILES string of the molecule is CCOC(=O)N1C[C@@H](CO)[C@@H](NC(=O)c2cc(-n3cccc3)cc(C(F)(F)F)c2)C1. The zero-order valence-electron chi connectivity index (χ0n) is 16.2. The summed E-state index contributed by atoms with van der Waals surface area (Å²) in [7, 11) is 0. The van der Waals surface area contributed by atoms with Gasteiger partial charge in [0.25, 0.3) is 5.91 Å². The molecule has 0 spiro atoms. The van der Waals surface area contributed by atoms with Crippen molar-refractivity contribution in [2.24, 2.45) is 5.92 Å². The van der Waals surface area contributed by atoms with Gasteiger partial charge in [0.15, 0.2) is 0 Å². The first-order valence-corrected chi connectivity index (χ1v) is 9.42. The molecular weight excluding hydrogens is 403 g/mol. The number of likely N-dealkylation sites (tertiary alicyclic amines) is 1. The lowest BCUT2D eigenvalue weighted by Gasteiger charge is -2.19. The normalized spacial score (nSPS) is 19.0. The second-order valence-corrected chi connectivity index (χ2v) is 6.98. The highest BCUT2D eigenvalue weighted by molar-refractivity contribution is 5.95. The molecule has 2 N–H and O–H groups in total. The molecule has 1 aromatic carbocycles. The molecule has 2 amide bonds. The minimum Gasteiger partial charge on any atom is -0.450 e. The lowest BCUT2D eigenvalue weighted by molar-refractivity contribution is -0.137. The van der Waals surface area contributed by atoms with Gasteiger partial charge in [-0.25, -0.2) is 4.79 Å². The Morgan fingerprint density at radius 1 is 1.20 bits per heavy atom. The molecule has 0 radical (unpaired) electrons. The average molecular weight is 425 g/mol. The van der Waals surface area contributed by atoms with E-state index < -0.39 is 35.7 Å². The number of aliphatic hydroxyl groups is 1. The summed E-state index contributed by atoms with van der Waals surface area (Å²) in [4.78, 5) is 26.0. The maximum Gasteiger partial charge on any atom is 0.416 e. The number of carbonyl (C=O) groups excluding carboxylic acids is 2. The summed E-state index contributed by atoms with van der Waals surface area (Å²) < 4.78 is 46.5. The van der Waals surface area contributed by atoms with Gasteiger partial charge in [-0.2, -0.15) is 13.2 Å². The van der Waals surface area contributed by atoms with Gasteiger partial charge in [-0.1, -0.05) is 0 Å². The zero-order valence-corrected chi connectivity index (χ0v) is 16.2. The molecule has 0 saturated carbocycles. The topological polar surface area (TPSA) is 83.8 Å². The molecule has 1 aromatic heterocycles. The van der Waals surface area contributed by atoms with E-state index in [0.717, 1.165) is 12.1 Å². The first-order valence-electron chi connectivity index (χ1n) is 9.42. The molecule has 162 valence electrons. The van der Waals surface area contributed by atoms with E-state index in [9.17, 15) is 27.9 Å². The number of hydrogen-bond donors (Lipinski definition) is 2. The highest BCUT2D eigenvalue weighted by Gasteiger charge is 2.37. The smallest absolute Gasteiger partial charge is 0.416 e. The molecule has 3 rings (SSSR count). The van der Waals surface area contributed by atoms with E-state index in [1.54, 1.807) is 31.5 Å². The van der Waals surface area contributed by atoms with E-state index in [1.807, 2.05) is 0 Å². The van der Waals surface area contributed by atoms with Crippen LogP contribution in [0, 0.1) is 5.92 Å². The number of nitrogens with one attached hydrogen (secondary N) is 1. The Balaban J connectivity index is 1.84. The van der Waals surface area contributed by atoms with Crippen molar-refractivity contribution in [3.8, 4) is 5.69 Å². The van der Waals surface area contributed by atoms with Crippen LogP contribution in [-0.4, -0.2) is 58.9 Å². The molecular formula is C20H22F3N3O4. The molecule has 0 bridgehead atoms. The number of rotatable bonds is 5. The molecule has 0 aliphatic carbocycles. The summed E-state index contributed by atoms with van der Waals surface area (Å²) in [6.07, 6.45) is -2.04. The third kappa shape index (κ3) is 4.76. The fraction of sp³-hybridized carbons (Fsp3) is 0.400. The number of amides is 2. The molecule has 7 nitrogen and oxygen atoms in total. The van der Waals surface area contributed by atoms with Gasteiger partial charge < -0.3 is 24.6 Å². The van der Waals surface area contributed by atoms with Crippen LogP contribution in [0.4, 0.5) is 18.0 Å². The van der Waals surface area contributed by atoms with Gasteiger partial charge in [-0.3, -0.25) is 4.79 Å². The van der Waals surface area contributed by atoms with E-state index in [0.29, 0.717) is 0 Å². The van der Waals surface area contributed by atoms with Crippen LogP contribution >= 0.6 is 0 Å². The average Bonchev–Trinajstić information content (AvgIpc) is 3.37. The number of ether oxygens (including phenoxy) is 1. The lowest BCUT2D eigenvalue weighted by Crippen LogP contribution is -2.42. The molecule has 30 heavy (non-hydrogen) atoms. The Kier molecular flexibility index (Phi) is 6.35. The monoisotopic (exact) mass is 425 g/mol. The van der Waals surface area contributed by atoms with Gasteiger partial charge in [-0.05, 0) is 37.3 Å². The van der Waals surface area contributed by atoms with E-state index in [1.165, 1.54) is 15.5 Å². The molecule has 1 aliphatic rings. The van der Waals surface area contributed by atoms with E-state index in [2.05, 4.69) is 5.32 Å². The van der Waals surface area contributed by atoms with Crippen molar-refractivity contribution in [1.29, 1.82) is 0 Å². The van der Waals surface area contributed by atoms with Gasteiger partial charge in [-0.15, -0.1) is 0 Å². The largest absolute Gasteiger partial charge is 0.450 e. The van der Waals surface area contributed by atoms with E-state index >= 15 is 0 Å². The van der Waals surface area contributed by atoms with Crippen molar-refractivity contribution >= 4 is 12.0 Å². The van der Waals surface area contributed by atoms with E-state index in [-0.39, 0.29) is 37.6 Å².